The first-order valence-electron chi connectivity index (χ1n) is 8.47. The lowest BCUT2D eigenvalue weighted by Crippen LogP contribution is -2.59. The maximum atomic E-state index is 12.3. The molecule has 4 saturated carbocycles. The van der Waals surface area contributed by atoms with Gasteiger partial charge in [-0.05, 0) is 67.9 Å². The van der Waals surface area contributed by atoms with Crippen molar-refractivity contribution in [2.45, 2.75) is 50.5 Å². The lowest BCUT2D eigenvalue weighted by atomic mass is 9.53. The van der Waals surface area contributed by atoms with E-state index in [4.69, 9.17) is 11.6 Å². The number of halogens is 1. The highest BCUT2D eigenvalue weighted by atomic mass is 35.5. The standard InChI is InChI=1S/C18H23ClN2O/c19-17-2-1-12(10-20-17)6-16(22)11-21-18-7-13-3-14(8-18)5-15(4-13)9-18/h1-2,10,13-15,21H,3-9,11H2. The number of nitrogens with zero attached hydrogens (tertiary/aromatic N) is 1. The van der Waals surface area contributed by atoms with Crippen LogP contribution in [-0.2, 0) is 11.2 Å². The van der Waals surface area contributed by atoms with Crippen LogP contribution in [0.1, 0.15) is 44.1 Å². The number of carbonyl (C=O) groups is 1. The minimum Gasteiger partial charge on any atom is -0.304 e. The largest absolute Gasteiger partial charge is 0.304 e. The second-order valence-corrected chi connectivity index (χ2v) is 8.14. The second kappa shape index (κ2) is 5.61. The first-order valence-corrected chi connectivity index (χ1v) is 8.85. The van der Waals surface area contributed by atoms with Crippen LogP contribution in [0.3, 0.4) is 0 Å². The minimum atomic E-state index is 0.250. The summed E-state index contributed by atoms with van der Waals surface area (Å²) in [5.74, 6) is 2.98. The molecule has 5 rings (SSSR count). The Morgan fingerprint density at radius 2 is 1.82 bits per heavy atom. The quantitative estimate of drug-likeness (QED) is 0.846. The molecule has 0 radical (unpaired) electrons. The average molecular weight is 319 g/mol. The molecular formula is C18H23ClN2O. The molecule has 1 N–H and O–H groups in total. The summed E-state index contributed by atoms with van der Waals surface area (Å²) in [5, 5.41) is 4.14. The minimum absolute atomic E-state index is 0.250. The molecule has 22 heavy (non-hydrogen) atoms. The van der Waals surface area contributed by atoms with Gasteiger partial charge in [0.05, 0.1) is 6.54 Å². The van der Waals surface area contributed by atoms with Gasteiger partial charge in [-0.25, -0.2) is 4.98 Å². The van der Waals surface area contributed by atoms with Crippen LogP contribution in [0.5, 0.6) is 0 Å². The number of pyridine rings is 1. The molecule has 1 heterocycles. The van der Waals surface area contributed by atoms with Gasteiger partial charge in [0.1, 0.15) is 5.15 Å². The molecule has 0 aliphatic heterocycles. The third-order valence-electron chi connectivity index (χ3n) is 5.89. The summed E-state index contributed by atoms with van der Waals surface area (Å²) >= 11 is 5.78. The predicted octanol–water partition coefficient (Wildman–Crippen LogP) is 3.41. The number of nitrogens with one attached hydrogen (secondary N) is 1. The van der Waals surface area contributed by atoms with Crippen molar-refractivity contribution in [3.8, 4) is 0 Å². The van der Waals surface area contributed by atoms with E-state index >= 15 is 0 Å². The Labute approximate surface area is 136 Å². The SMILES string of the molecule is O=C(CNC12CC3CC(CC(C3)C1)C2)Cc1ccc(Cl)nc1. The fraction of sp³-hybridized carbons (Fsp3) is 0.667. The molecule has 1 aromatic heterocycles. The molecule has 4 bridgehead atoms. The number of rotatable bonds is 5. The fourth-order valence-corrected chi connectivity index (χ4v) is 5.53. The van der Waals surface area contributed by atoms with Gasteiger partial charge in [0.2, 0.25) is 0 Å². The molecule has 1 aromatic rings. The van der Waals surface area contributed by atoms with E-state index in [1.54, 1.807) is 12.3 Å². The molecule has 0 aromatic carbocycles. The zero-order valence-electron chi connectivity index (χ0n) is 12.9. The Balaban J connectivity index is 1.34. The predicted molar refractivity (Wildman–Crippen MR) is 86.9 cm³/mol. The normalized spacial score (nSPS) is 35.8. The molecule has 4 fully saturated rings. The molecule has 0 spiro atoms. The van der Waals surface area contributed by atoms with Crippen molar-refractivity contribution < 1.29 is 4.79 Å². The molecule has 0 amide bonds. The fourth-order valence-electron chi connectivity index (χ4n) is 5.41. The highest BCUT2D eigenvalue weighted by Gasteiger charge is 2.50. The highest BCUT2D eigenvalue weighted by Crippen LogP contribution is 2.55. The lowest BCUT2D eigenvalue weighted by molar-refractivity contribution is -0.118. The first kappa shape index (κ1) is 14.6. The maximum absolute atomic E-state index is 12.3. The molecule has 4 aliphatic rings. The molecule has 4 heteroatoms. The summed E-state index contributed by atoms with van der Waals surface area (Å²) in [4.78, 5) is 16.3. The van der Waals surface area contributed by atoms with E-state index in [0.717, 1.165) is 23.3 Å². The van der Waals surface area contributed by atoms with Gasteiger partial charge in [-0.1, -0.05) is 17.7 Å². The van der Waals surface area contributed by atoms with Crippen LogP contribution >= 0.6 is 11.6 Å². The summed E-state index contributed by atoms with van der Waals surface area (Å²) in [6, 6.07) is 3.63. The molecule has 3 nitrogen and oxygen atoms in total. The van der Waals surface area contributed by atoms with Gasteiger partial charge in [0, 0.05) is 18.2 Å². The van der Waals surface area contributed by atoms with Crippen molar-refractivity contribution in [1.82, 2.24) is 10.3 Å². The summed E-state index contributed by atoms with van der Waals surface area (Å²) in [5.41, 5.74) is 1.21. The summed E-state index contributed by atoms with van der Waals surface area (Å²) < 4.78 is 0. The van der Waals surface area contributed by atoms with E-state index in [-0.39, 0.29) is 11.3 Å². The van der Waals surface area contributed by atoms with E-state index in [9.17, 15) is 4.79 Å². The number of hydrogen-bond donors (Lipinski definition) is 1. The van der Waals surface area contributed by atoms with Crippen molar-refractivity contribution in [2.24, 2.45) is 17.8 Å². The van der Waals surface area contributed by atoms with Crippen molar-refractivity contribution >= 4 is 17.4 Å². The Morgan fingerprint density at radius 3 is 2.36 bits per heavy atom. The second-order valence-electron chi connectivity index (χ2n) is 7.76. The Kier molecular flexibility index (Phi) is 3.74. The first-order chi connectivity index (χ1) is 10.6. The number of ketones is 1. The van der Waals surface area contributed by atoms with E-state index in [1.807, 2.05) is 6.07 Å². The third kappa shape index (κ3) is 2.93. The topological polar surface area (TPSA) is 42.0 Å². The lowest BCUT2D eigenvalue weighted by Gasteiger charge is -2.57. The number of carbonyl (C=O) groups excluding carboxylic acids is 1. The van der Waals surface area contributed by atoms with Crippen molar-refractivity contribution in [3.05, 3.63) is 29.0 Å². The van der Waals surface area contributed by atoms with Crippen LogP contribution in [-0.4, -0.2) is 22.9 Å². The number of hydrogen-bond acceptors (Lipinski definition) is 3. The van der Waals surface area contributed by atoms with Gasteiger partial charge in [-0.2, -0.15) is 0 Å². The molecule has 4 aliphatic carbocycles. The van der Waals surface area contributed by atoms with Gasteiger partial charge >= 0.3 is 0 Å². The highest BCUT2D eigenvalue weighted by molar-refractivity contribution is 6.29. The molecule has 0 atom stereocenters. The summed E-state index contributed by atoms with van der Waals surface area (Å²) in [6.07, 6.45) is 10.3. The van der Waals surface area contributed by atoms with Crippen LogP contribution in [0.15, 0.2) is 18.3 Å². The van der Waals surface area contributed by atoms with Gasteiger partial charge in [-0.3, -0.25) is 4.79 Å². The maximum Gasteiger partial charge on any atom is 0.151 e. The van der Waals surface area contributed by atoms with E-state index in [2.05, 4.69) is 10.3 Å². The molecule has 0 unspecified atom stereocenters. The van der Waals surface area contributed by atoms with Crippen molar-refractivity contribution in [1.29, 1.82) is 0 Å². The molecule has 118 valence electrons. The molecule has 0 saturated heterocycles. The summed E-state index contributed by atoms with van der Waals surface area (Å²) in [7, 11) is 0. The number of Topliss-reactive ketones (excluding diaryl/α,β-unsaturated/α-hetero) is 1. The van der Waals surface area contributed by atoms with Crippen LogP contribution in [0.25, 0.3) is 0 Å². The van der Waals surface area contributed by atoms with Gasteiger partial charge in [0.15, 0.2) is 5.78 Å². The Morgan fingerprint density at radius 1 is 1.18 bits per heavy atom. The third-order valence-corrected chi connectivity index (χ3v) is 6.11. The van der Waals surface area contributed by atoms with E-state index in [1.165, 1.54) is 38.5 Å². The molecular weight excluding hydrogens is 296 g/mol. The smallest absolute Gasteiger partial charge is 0.151 e. The van der Waals surface area contributed by atoms with Crippen LogP contribution in [0.2, 0.25) is 5.15 Å². The van der Waals surface area contributed by atoms with E-state index < -0.39 is 0 Å². The van der Waals surface area contributed by atoms with Crippen molar-refractivity contribution in [3.63, 3.8) is 0 Å². The summed E-state index contributed by atoms with van der Waals surface area (Å²) in [6.45, 7) is 0.495. The Bertz CT molecular complexity index is 534. The Hall–Kier alpha value is -0.930. The van der Waals surface area contributed by atoms with E-state index in [0.29, 0.717) is 18.1 Å². The van der Waals surface area contributed by atoms with Crippen LogP contribution in [0.4, 0.5) is 0 Å². The average Bonchev–Trinajstić information content (AvgIpc) is 2.46. The zero-order valence-corrected chi connectivity index (χ0v) is 13.6. The van der Waals surface area contributed by atoms with Gasteiger partial charge in [0.25, 0.3) is 0 Å². The van der Waals surface area contributed by atoms with Gasteiger partial charge < -0.3 is 5.32 Å². The monoisotopic (exact) mass is 318 g/mol. The van der Waals surface area contributed by atoms with Crippen molar-refractivity contribution in [2.75, 3.05) is 6.54 Å². The zero-order chi connectivity index (χ0) is 15.2. The number of aromatic nitrogens is 1. The van der Waals surface area contributed by atoms with Crippen LogP contribution in [0, 0.1) is 17.8 Å². The van der Waals surface area contributed by atoms with Crippen LogP contribution < -0.4 is 5.32 Å². The van der Waals surface area contributed by atoms with Gasteiger partial charge in [-0.15, -0.1) is 0 Å².